The molecule has 0 saturated heterocycles. The molecule has 3 aliphatic heterocycles. The van der Waals surface area contributed by atoms with Crippen LogP contribution in [0.4, 0.5) is 14.9 Å². The van der Waals surface area contributed by atoms with E-state index in [2.05, 4.69) is 21.3 Å². The molecule has 5 aromatic rings. The van der Waals surface area contributed by atoms with Crippen molar-refractivity contribution in [1.82, 2.24) is 30.4 Å². The molecule has 1 aliphatic carbocycles. The van der Waals surface area contributed by atoms with Crippen molar-refractivity contribution < 1.29 is 66.7 Å². The molecule has 23 nitrogen and oxygen atoms in total. The Morgan fingerprint density at radius 2 is 1.71 bits per heavy atom. The Kier molecular flexibility index (Phi) is 18.0. The second-order valence-corrected chi connectivity index (χ2v) is 20.5. The minimum atomic E-state index is -2.04. The van der Waals surface area contributed by atoms with Crippen LogP contribution in [0.1, 0.15) is 103 Å². The van der Waals surface area contributed by atoms with Crippen LogP contribution in [0.5, 0.6) is 5.75 Å². The Hall–Kier alpha value is -8.89. The average molecular weight is 1140 g/mol. The number of benzene rings is 3. The van der Waals surface area contributed by atoms with Crippen molar-refractivity contribution in [2.24, 2.45) is 5.73 Å². The number of esters is 1. The number of aryl methyl sites for hydroxylation is 1. The van der Waals surface area contributed by atoms with Gasteiger partial charge in [-0.1, -0.05) is 19.1 Å². The molecule has 0 bridgehead atoms. The molecular formula is C59H62FN9O14. The summed E-state index contributed by atoms with van der Waals surface area (Å²) in [5, 5.41) is 32.2. The summed E-state index contributed by atoms with van der Waals surface area (Å²) in [7, 11) is 0. The fourth-order valence-corrected chi connectivity index (χ4v) is 10.5. The predicted octanol–water partition coefficient (Wildman–Crippen LogP) is 4.12. The maximum atomic E-state index is 15.4. The fraction of sp³-hybridized carbons (Fsp3) is 0.390. The number of nitrogens with one attached hydrogen (secondary N) is 4. The van der Waals surface area contributed by atoms with Crippen LogP contribution in [0.2, 0.25) is 0 Å². The number of aromatic nitrogens is 2. The van der Waals surface area contributed by atoms with E-state index in [-0.39, 0.29) is 88.9 Å². The first-order chi connectivity index (χ1) is 39.9. The van der Waals surface area contributed by atoms with E-state index in [1.807, 2.05) is 6.07 Å². The minimum absolute atomic E-state index is 0.00485. The van der Waals surface area contributed by atoms with Gasteiger partial charge < -0.3 is 60.4 Å². The normalized spacial score (nSPS) is 17.3. The van der Waals surface area contributed by atoms with Gasteiger partial charge in [-0.25, -0.2) is 19.0 Å². The van der Waals surface area contributed by atoms with Crippen molar-refractivity contribution >= 4 is 58.2 Å². The zero-order chi connectivity index (χ0) is 59.1. The van der Waals surface area contributed by atoms with Crippen LogP contribution in [0.15, 0.2) is 77.3 Å². The second-order valence-electron chi connectivity index (χ2n) is 20.5. The van der Waals surface area contributed by atoms with E-state index in [0.717, 1.165) is 16.5 Å². The molecule has 0 spiro atoms. The Morgan fingerprint density at radius 3 is 2.43 bits per heavy atom. The molecule has 3 aromatic carbocycles. The number of carbonyl (C=O) groups is 7. The molecule has 5 heterocycles. The molecule has 6 amide bonds. The number of ether oxygens (including phenoxy) is 5. The van der Waals surface area contributed by atoms with E-state index in [9.17, 15) is 43.5 Å². The number of rotatable bonds is 24. The smallest absolute Gasteiger partial charge is 0.407 e. The molecule has 0 radical (unpaired) electrons. The molecule has 0 fully saturated rings. The van der Waals surface area contributed by atoms with Crippen molar-refractivity contribution in [3.63, 3.8) is 0 Å². The largest absolute Gasteiger partial charge is 0.458 e. The fourth-order valence-electron chi connectivity index (χ4n) is 10.5. The first-order valence-corrected chi connectivity index (χ1v) is 27.3. The molecule has 4 atom stereocenters. The topological polar surface area (TPSA) is 322 Å². The lowest BCUT2D eigenvalue weighted by molar-refractivity contribution is -0.172. The lowest BCUT2D eigenvalue weighted by Gasteiger charge is -2.31. The number of nitrogens with zero attached hydrogens (tertiary/aromatic N) is 4. The van der Waals surface area contributed by atoms with Gasteiger partial charge in [-0.15, -0.1) is 0 Å². The van der Waals surface area contributed by atoms with Gasteiger partial charge in [0.1, 0.15) is 36.9 Å². The number of unbranched alkanes of at least 4 members (excludes halogenated alkanes) is 1. The Balaban J connectivity index is 0.728. The highest BCUT2D eigenvalue weighted by atomic mass is 19.1. The molecule has 24 heteroatoms. The Morgan fingerprint density at radius 1 is 0.964 bits per heavy atom. The number of imide groups is 1. The number of nitrogens with two attached hydrogens (primary N) is 1. The SMILES string of the molecule is CC[C@@]1(O)C(=O)OCc2c1cc1n(c2=O)Cc2c-1nc1cc(F)c(C)c3c1c2[C@@H](NC(=O)OCc1ccc(NC(=O)[C@H](CCCCN)NC(=O)[C@H](C)NC(=O)CCOCCOCCN2C(=O)C=C(Oc4ccc(C#N)cc4)C2=O)cc1)CC3. The van der Waals surface area contributed by atoms with Crippen molar-refractivity contribution in [2.75, 3.05) is 44.8 Å². The number of amides is 6. The molecule has 83 heavy (non-hydrogen) atoms. The van der Waals surface area contributed by atoms with E-state index in [0.29, 0.717) is 93.8 Å². The number of fused-ring (bicyclic) bond motifs is 5. The number of cyclic esters (lactones) is 1. The molecular weight excluding hydrogens is 1080 g/mol. The zero-order valence-electron chi connectivity index (χ0n) is 45.9. The number of carbonyl (C=O) groups excluding carboxylic acids is 7. The third-order valence-electron chi connectivity index (χ3n) is 15.1. The van der Waals surface area contributed by atoms with Crippen LogP contribution in [0.3, 0.4) is 0 Å². The first-order valence-electron chi connectivity index (χ1n) is 27.3. The van der Waals surface area contributed by atoms with E-state index < -0.39 is 76.7 Å². The van der Waals surface area contributed by atoms with Gasteiger partial charge in [0.2, 0.25) is 17.7 Å². The third-order valence-corrected chi connectivity index (χ3v) is 15.1. The highest BCUT2D eigenvalue weighted by Crippen LogP contribution is 2.46. The lowest BCUT2D eigenvalue weighted by Crippen LogP contribution is -2.51. The molecule has 0 unspecified atom stereocenters. The number of hydrogen-bond acceptors (Lipinski definition) is 17. The monoisotopic (exact) mass is 1140 g/mol. The summed E-state index contributed by atoms with van der Waals surface area (Å²) in [4.78, 5) is 111. The maximum absolute atomic E-state index is 15.4. The summed E-state index contributed by atoms with van der Waals surface area (Å²) < 4.78 is 44.4. The standard InChI is InChI=1S/C59H62FN9O14/c1-4-59(78)41-25-46-52-39(29-69(46)55(74)40(41)31-81-57(59)76)51-43(17-16-38-32(2)42(60)26-45(65-52)50(38)51)67-58(77)82-30-35-8-12-36(13-9-35)64-54(73)44(7-5-6-19-61)66-53(72)33(3)63-48(70)18-21-79-23-24-80-22-20-68-49(71)27-47(56(68)75)83-37-14-10-34(28-62)11-15-37/h8-15,25-27,33,43-44,78H,4-7,16-24,29-31,61H2,1-3H3,(H,63,70)(H,64,73)(H,66,72)(H,67,77)/t33-,43-,44-,59-/m0/s1. The average Bonchev–Trinajstić information content (AvgIpc) is 2.02. The van der Waals surface area contributed by atoms with Crippen molar-refractivity contribution in [1.29, 1.82) is 5.26 Å². The molecule has 2 aromatic heterocycles. The van der Waals surface area contributed by atoms with Crippen molar-refractivity contribution in [2.45, 2.75) is 109 Å². The van der Waals surface area contributed by atoms with Gasteiger partial charge in [0.15, 0.2) is 11.4 Å². The summed E-state index contributed by atoms with van der Waals surface area (Å²) in [6, 6.07) is 14.9. The van der Waals surface area contributed by atoms with E-state index in [1.54, 1.807) is 44.2 Å². The van der Waals surface area contributed by atoms with Crippen LogP contribution in [0, 0.1) is 24.1 Å². The summed E-state index contributed by atoms with van der Waals surface area (Å²) >= 11 is 0. The zero-order valence-corrected chi connectivity index (χ0v) is 45.9. The number of aliphatic hydroxyl groups is 1. The number of pyridine rings is 2. The van der Waals surface area contributed by atoms with Gasteiger partial charge >= 0.3 is 12.1 Å². The van der Waals surface area contributed by atoms with E-state index in [1.165, 1.54) is 41.8 Å². The minimum Gasteiger partial charge on any atom is -0.458 e. The van der Waals surface area contributed by atoms with Gasteiger partial charge in [-0.3, -0.25) is 33.7 Å². The highest BCUT2D eigenvalue weighted by Gasteiger charge is 2.46. The van der Waals surface area contributed by atoms with Gasteiger partial charge in [0.05, 0.1) is 85.7 Å². The first kappa shape index (κ1) is 58.8. The van der Waals surface area contributed by atoms with Gasteiger partial charge in [-0.05, 0) is 124 Å². The summed E-state index contributed by atoms with van der Waals surface area (Å²) in [6.07, 6.45) is 2.39. The van der Waals surface area contributed by atoms with Crippen LogP contribution in [-0.4, -0.2) is 113 Å². The summed E-state index contributed by atoms with van der Waals surface area (Å²) in [6.45, 7) is 4.97. The van der Waals surface area contributed by atoms with Crippen LogP contribution in [0.25, 0.3) is 22.3 Å². The number of halogens is 1. The Labute approximate surface area is 475 Å². The predicted molar refractivity (Wildman–Crippen MR) is 294 cm³/mol. The molecule has 0 saturated carbocycles. The second kappa shape index (κ2) is 25.5. The van der Waals surface area contributed by atoms with E-state index in [4.69, 9.17) is 39.7 Å². The molecule has 4 aliphatic rings. The van der Waals surface area contributed by atoms with Crippen molar-refractivity contribution in [3.05, 3.63) is 133 Å². The lowest BCUT2D eigenvalue weighted by atomic mass is 9.81. The maximum Gasteiger partial charge on any atom is 0.407 e. The number of anilines is 1. The quantitative estimate of drug-likeness (QED) is 0.0282. The van der Waals surface area contributed by atoms with Gasteiger partial charge in [0.25, 0.3) is 17.4 Å². The van der Waals surface area contributed by atoms with Crippen LogP contribution in [-0.2, 0) is 79.5 Å². The number of hydrogen-bond donors (Lipinski definition) is 6. The molecule has 9 rings (SSSR count). The summed E-state index contributed by atoms with van der Waals surface area (Å²) in [5.41, 5.74) is 8.44. The van der Waals surface area contributed by atoms with Crippen LogP contribution >= 0.6 is 0 Å². The highest BCUT2D eigenvalue weighted by molar-refractivity contribution is 6.15. The number of nitriles is 1. The molecule has 7 N–H and O–H groups in total. The summed E-state index contributed by atoms with van der Waals surface area (Å²) in [5.74, 6) is -3.92. The van der Waals surface area contributed by atoms with Crippen LogP contribution < -0.4 is 37.3 Å². The van der Waals surface area contributed by atoms with Gasteiger partial charge in [-0.2, -0.15) is 5.26 Å². The molecule has 434 valence electrons. The van der Waals surface area contributed by atoms with Gasteiger partial charge in [0, 0.05) is 34.7 Å². The Bertz CT molecular complexity index is 3540. The number of alkyl carbamates (subject to hydrolysis) is 1. The van der Waals surface area contributed by atoms with Crippen molar-refractivity contribution in [3.8, 4) is 23.2 Å². The van der Waals surface area contributed by atoms with E-state index >= 15 is 4.39 Å². The third kappa shape index (κ3) is 12.6.